The van der Waals surface area contributed by atoms with Crippen molar-refractivity contribution < 1.29 is 28.7 Å². The second kappa shape index (κ2) is 13.3. The normalized spacial score (nSPS) is 23.7. The van der Waals surface area contributed by atoms with Gasteiger partial charge in [0.1, 0.15) is 5.78 Å². The van der Waals surface area contributed by atoms with E-state index in [2.05, 4.69) is 24.5 Å². The summed E-state index contributed by atoms with van der Waals surface area (Å²) < 4.78 is 10.5. The first kappa shape index (κ1) is 38.0. The van der Waals surface area contributed by atoms with Crippen LogP contribution in [0.1, 0.15) is 130 Å². The zero-order chi connectivity index (χ0) is 32.1. The largest absolute Gasteiger partial charge is 0.444 e. The molecule has 0 bridgehead atoms. The number of carbonyl (C=O) groups excluding carboxylic acids is 4. The molecule has 0 saturated carbocycles. The van der Waals surface area contributed by atoms with Crippen LogP contribution in [0.5, 0.6) is 0 Å². The van der Waals surface area contributed by atoms with E-state index in [0.717, 1.165) is 0 Å². The molecule has 0 spiro atoms. The van der Waals surface area contributed by atoms with Gasteiger partial charge < -0.3 is 20.1 Å². The van der Waals surface area contributed by atoms with Gasteiger partial charge in [0.05, 0.1) is 0 Å². The smallest absolute Gasteiger partial charge is 0.351 e. The van der Waals surface area contributed by atoms with E-state index < -0.39 is 27.4 Å². The Balaban J connectivity index is 0.00000363. The number of nitrogens with one attached hydrogen (secondary N) is 2. The van der Waals surface area contributed by atoms with E-state index in [1.165, 1.54) is 0 Å². The van der Waals surface area contributed by atoms with E-state index in [1.807, 2.05) is 76.3 Å². The fraction of sp³-hybridized carbons (Fsp3) is 0.875. The van der Waals surface area contributed by atoms with Crippen molar-refractivity contribution in [2.24, 2.45) is 21.7 Å². The van der Waals surface area contributed by atoms with Crippen LogP contribution in [0.4, 0.5) is 0 Å². The lowest BCUT2D eigenvalue weighted by Gasteiger charge is -2.43. The van der Waals surface area contributed by atoms with E-state index in [-0.39, 0.29) is 41.1 Å². The molecule has 0 radical (unpaired) electrons. The number of cyclic esters (lactones) is 2. The quantitative estimate of drug-likeness (QED) is 0.247. The predicted octanol–water partition coefficient (Wildman–Crippen LogP) is 6.00. The molecule has 2 aliphatic rings. The predicted molar refractivity (Wildman–Crippen MR) is 161 cm³/mol. The molecule has 234 valence electrons. The first-order chi connectivity index (χ1) is 18.0. The lowest BCUT2D eigenvalue weighted by atomic mass is 9.67. The number of hydrogen-bond donors (Lipinski definition) is 2. The molecule has 8 heteroatoms. The Bertz CT molecular complexity index is 922. The monoisotopic (exact) mass is 568 g/mol. The Kier molecular flexibility index (Phi) is 12.7. The minimum atomic E-state index is -0.914. The number of epoxide rings is 2. The third kappa shape index (κ3) is 9.56. The van der Waals surface area contributed by atoms with Crippen molar-refractivity contribution in [3.05, 3.63) is 0 Å². The number of ether oxygens (including phenoxy) is 2. The molecule has 8 nitrogen and oxygen atoms in total. The van der Waals surface area contributed by atoms with Crippen LogP contribution in [-0.4, -0.2) is 54.0 Å². The Morgan fingerprint density at radius 1 is 0.725 bits per heavy atom. The van der Waals surface area contributed by atoms with Gasteiger partial charge in [0.25, 0.3) is 0 Å². The van der Waals surface area contributed by atoms with Crippen LogP contribution in [0, 0.1) is 21.7 Å². The number of carbonyl (C=O) groups is 4. The summed E-state index contributed by atoms with van der Waals surface area (Å²) in [7, 11) is 1.86. The summed E-state index contributed by atoms with van der Waals surface area (Å²) in [6.45, 7) is 29.0. The number of rotatable bonds is 14. The van der Waals surface area contributed by atoms with Gasteiger partial charge in [-0.3, -0.25) is 9.59 Å². The second-order valence-electron chi connectivity index (χ2n) is 14.2. The molecule has 1 amide bonds. The molecule has 0 aromatic carbocycles. The molecular weight excluding hydrogens is 508 g/mol. The van der Waals surface area contributed by atoms with Crippen LogP contribution >= 0.6 is 0 Å². The Morgan fingerprint density at radius 2 is 1.05 bits per heavy atom. The lowest BCUT2D eigenvalue weighted by molar-refractivity contribution is -0.133. The van der Waals surface area contributed by atoms with Gasteiger partial charge in [-0.1, -0.05) is 83.1 Å². The van der Waals surface area contributed by atoms with Gasteiger partial charge >= 0.3 is 11.9 Å². The molecular formula is C32H60N2O6. The summed E-state index contributed by atoms with van der Waals surface area (Å²) in [5.74, 6) is -0.506. The molecule has 0 aromatic rings. The molecule has 2 heterocycles. The summed E-state index contributed by atoms with van der Waals surface area (Å²) in [6.07, 6.45) is 1.97. The molecule has 0 aromatic heterocycles. The average molecular weight is 569 g/mol. The zero-order valence-corrected chi connectivity index (χ0v) is 28.4. The first-order valence-corrected chi connectivity index (χ1v) is 15.0. The van der Waals surface area contributed by atoms with E-state index in [1.54, 1.807) is 20.8 Å². The molecule has 2 rings (SSSR count). The van der Waals surface area contributed by atoms with Crippen molar-refractivity contribution >= 4 is 23.6 Å². The number of hydrogen-bond acceptors (Lipinski definition) is 7. The fourth-order valence-electron chi connectivity index (χ4n) is 5.76. The number of amides is 1. The highest BCUT2D eigenvalue weighted by molar-refractivity contribution is 5.93. The highest BCUT2D eigenvalue weighted by atomic mass is 16.7. The van der Waals surface area contributed by atoms with Crippen LogP contribution in [0.15, 0.2) is 0 Å². The molecule has 4 atom stereocenters. The molecule has 2 N–H and O–H groups in total. The van der Waals surface area contributed by atoms with Gasteiger partial charge in [-0.2, -0.15) is 0 Å². The number of Topliss-reactive ketones (excluding diaryl/α,β-unsaturated/α-hetero) is 1. The van der Waals surface area contributed by atoms with E-state index in [9.17, 15) is 19.2 Å². The summed E-state index contributed by atoms with van der Waals surface area (Å²) in [4.78, 5) is 49.7. The SMILES string of the molecule is CC.CC.CNC(CC1(C)OC1=O)C(C)(C)CC(C)(C)C(=O)NC(CC1(C)OC1=O)C(C)(C)CC(C)(C)C(C)=O. The van der Waals surface area contributed by atoms with Gasteiger partial charge in [-0.25, -0.2) is 9.59 Å². The molecule has 40 heavy (non-hydrogen) atoms. The maximum Gasteiger partial charge on any atom is 0.351 e. The van der Waals surface area contributed by atoms with Crippen LogP contribution in [0.2, 0.25) is 0 Å². The van der Waals surface area contributed by atoms with Crippen molar-refractivity contribution in [2.45, 2.75) is 153 Å². The van der Waals surface area contributed by atoms with Crippen molar-refractivity contribution in [3.63, 3.8) is 0 Å². The Morgan fingerprint density at radius 3 is 1.38 bits per heavy atom. The van der Waals surface area contributed by atoms with Gasteiger partial charge in [-0.05, 0) is 51.5 Å². The highest BCUT2D eigenvalue weighted by Crippen LogP contribution is 2.45. The van der Waals surface area contributed by atoms with Gasteiger partial charge in [0.15, 0.2) is 0 Å². The lowest BCUT2D eigenvalue weighted by Crippen LogP contribution is -2.54. The van der Waals surface area contributed by atoms with E-state index in [0.29, 0.717) is 25.7 Å². The second-order valence-corrected chi connectivity index (χ2v) is 14.2. The topological polar surface area (TPSA) is 117 Å². The Hall–Kier alpha value is -1.96. The molecule has 0 aliphatic carbocycles. The fourth-order valence-corrected chi connectivity index (χ4v) is 5.76. The van der Waals surface area contributed by atoms with Crippen LogP contribution < -0.4 is 10.6 Å². The van der Waals surface area contributed by atoms with Crippen molar-refractivity contribution in [2.75, 3.05) is 7.05 Å². The van der Waals surface area contributed by atoms with E-state index in [4.69, 9.17) is 9.47 Å². The van der Waals surface area contributed by atoms with E-state index >= 15 is 0 Å². The van der Waals surface area contributed by atoms with Crippen molar-refractivity contribution in [1.82, 2.24) is 10.6 Å². The van der Waals surface area contributed by atoms with Gasteiger partial charge in [0, 0.05) is 35.8 Å². The molecule has 4 unspecified atom stereocenters. The van der Waals surface area contributed by atoms with Gasteiger partial charge in [0.2, 0.25) is 17.1 Å². The van der Waals surface area contributed by atoms with Gasteiger partial charge in [-0.15, -0.1) is 0 Å². The third-order valence-corrected chi connectivity index (χ3v) is 8.51. The van der Waals surface area contributed by atoms with Crippen molar-refractivity contribution in [3.8, 4) is 0 Å². The minimum absolute atomic E-state index is 0.0407. The van der Waals surface area contributed by atoms with Crippen LogP contribution in [-0.2, 0) is 28.7 Å². The van der Waals surface area contributed by atoms with Crippen LogP contribution in [0.25, 0.3) is 0 Å². The Labute approximate surface area is 244 Å². The summed E-state index contributed by atoms with van der Waals surface area (Å²) in [5, 5.41) is 6.56. The summed E-state index contributed by atoms with van der Waals surface area (Å²) in [5.41, 5.74) is -3.79. The third-order valence-electron chi connectivity index (χ3n) is 8.51. The molecule has 2 saturated heterocycles. The summed E-state index contributed by atoms with van der Waals surface area (Å²) in [6, 6.07) is -0.417. The minimum Gasteiger partial charge on any atom is -0.444 e. The van der Waals surface area contributed by atoms with Crippen LogP contribution in [0.3, 0.4) is 0 Å². The molecule has 2 aliphatic heterocycles. The first-order valence-electron chi connectivity index (χ1n) is 15.0. The summed E-state index contributed by atoms with van der Waals surface area (Å²) >= 11 is 0. The molecule has 2 fully saturated rings. The van der Waals surface area contributed by atoms with Crippen molar-refractivity contribution in [1.29, 1.82) is 0 Å². The zero-order valence-electron chi connectivity index (χ0n) is 28.4. The maximum atomic E-state index is 13.7. The highest BCUT2D eigenvalue weighted by Gasteiger charge is 2.58. The average Bonchev–Trinajstić information content (AvgIpc) is 3.64. The standard InChI is InChI=1S/C28H48N2O6.2C2H6/c1-17(31)23(2,3)15-25(6,7)19(14-28(11)22(34)36-28)30-20(32)26(8,9)16-24(4,5)18(29-12)13-27(10)21(33)35-27;2*1-2/h18-19,29H,13-16H2,1-12H3,(H,30,32);2*1-2H3. The number of ketones is 1. The maximum absolute atomic E-state index is 13.7.